The van der Waals surface area contributed by atoms with Crippen LogP contribution in [-0.4, -0.2) is 57.1 Å². The molecule has 0 saturated carbocycles. The van der Waals surface area contributed by atoms with E-state index in [4.69, 9.17) is 4.74 Å². The molecule has 1 unspecified atom stereocenters. The number of nitrogens with one attached hydrogen (secondary N) is 2. The first kappa shape index (κ1) is 22.1. The van der Waals surface area contributed by atoms with Gasteiger partial charge in [0.2, 0.25) is 10.0 Å². The van der Waals surface area contributed by atoms with Crippen LogP contribution in [0.4, 0.5) is 0 Å². The van der Waals surface area contributed by atoms with Crippen molar-refractivity contribution in [3.63, 3.8) is 0 Å². The quantitative estimate of drug-likeness (QED) is 0.521. The first-order valence-electron chi connectivity index (χ1n) is 10.7. The number of hydrogen-bond donors (Lipinski definition) is 2. The van der Waals surface area contributed by atoms with Crippen LogP contribution in [0.3, 0.4) is 0 Å². The number of rotatable bonds is 7. The van der Waals surface area contributed by atoms with Crippen molar-refractivity contribution in [2.24, 2.45) is 4.99 Å². The molecule has 1 atom stereocenters. The Morgan fingerprint density at radius 2 is 2.00 bits per heavy atom. The molecule has 2 aliphatic heterocycles. The van der Waals surface area contributed by atoms with E-state index in [2.05, 4.69) is 22.5 Å². The minimum absolute atomic E-state index is 0.154. The normalized spacial score (nSPS) is 23.9. The predicted molar refractivity (Wildman–Crippen MR) is 115 cm³/mol. The summed E-state index contributed by atoms with van der Waals surface area (Å²) in [6, 6.07) is 7.15. The van der Waals surface area contributed by atoms with Crippen LogP contribution in [-0.2, 0) is 21.3 Å². The second-order valence-corrected chi connectivity index (χ2v) is 10.0. The molecule has 29 heavy (non-hydrogen) atoms. The van der Waals surface area contributed by atoms with Crippen molar-refractivity contribution in [3.8, 4) is 0 Å². The summed E-state index contributed by atoms with van der Waals surface area (Å²) in [4.78, 5) is 5.00. The highest BCUT2D eigenvalue weighted by Crippen LogP contribution is 2.24. The summed E-state index contributed by atoms with van der Waals surface area (Å²) in [5.41, 5.74) is 0.724. The Hall–Kier alpha value is -1.64. The molecule has 3 rings (SSSR count). The predicted octanol–water partition coefficient (Wildman–Crippen LogP) is 2.49. The minimum Gasteiger partial charge on any atom is -0.373 e. The van der Waals surface area contributed by atoms with Crippen LogP contribution < -0.4 is 10.6 Å². The van der Waals surface area contributed by atoms with Crippen LogP contribution in [0.1, 0.15) is 51.5 Å². The highest BCUT2D eigenvalue weighted by Gasteiger charge is 2.29. The summed E-state index contributed by atoms with van der Waals surface area (Å²) in [7, 11) is -3.43. The lowest BCUT2D eigenvalue weighted by molar-refractivity contribution is 0.0243. The van der Waals surface area contributed by atoms with Crippen LogP contribution in [0.5, 0.6) is 0 Å². The lowest BCUT2D eigenvalue weighted by atomic mass is 10.0. The van der Waals surface area contributed by atoms with Crippen LogP contribution in [0.2, 0.25) is 0 Å². The van der Waals surface area contributed by atoms with Crippen LogP contribution in [0.25, 0.3) is 0 Å². The molecule has 1 aromatic carbocycles. The van der Waals surface area contributed by atoms with Gasteiger partial charge in [-0.1, -0.05) is 18.6 Å². The first-order valence-corrected chi connectivity index (χ1v) is 12.1. The Kier molecular flexibility index (Phi) is 7.54. The van der Waals surface area contributed by atoms with E-state index in [0.717, 1.165) is 50.8 Å². The number of sulfonamides is 1. The molecule has 7 nitrogen and oxygen atoms in total. The van der Waals surface area contributed by atoms with Gasteiger partial charge in [0.15, 0.2) is 5.96 Å². The smallest absolute Gasteiger partial charge is 0.243 e. The van der Waals surface area contributed by atoms with Gasteiger partial charge in [0, 0.05) is 32.8 Å². The average molecular weight is 423 g/mol. The molecule has 2 saturated heterocycles. The van der Waals surface area contributed by atoms with Gasteiger partial charge in [-0.25, -0.2) is 13.4 Å². The van der Waals surface area contributed by atoms with E-state index in [1.54, 1.807) is 22.5 Å². The third-order valence-corrected chi connectivity index (χ3v) is 7.44. The average Bonchev–Trinajstić information content (AvgIpc) is 3.18. The van der Waals surface area contributed by atoms with Crippen molar-refractivity contribution in [1.82, 2.24) is 14.9 Å². The van der Waals surface area contributed by atoms with Gasteiger partial charge in [0.25, 0.3) is 0 Å². The molecular formula is C21H34N4O3S. The maximum atomic E-state index is 12.9. The Bertz CT molecular complexity index is 798. The van der Waals surface area contributed by atoms with Crippen molar-refractivity contribution < 1.29 is 13.2 Å². The second-order valence-electron chi connectivity index (χ2n) is 8.06. The topological polar surface area (TPSA) is 83.0 Å². The molecule has 0 aliphatic carbocycles. The van der Waals surface area contributed by atoms with Gasteiger partial charge in [0.1, 0.15) is 0 Å². The molecule has 2 aliphatic rings. The maximum absolute atomic E-state index is 12.9. The highest BCUT2D eigenvalue weighted by atomic mass is 32.2. The van der Waals surface area contributed by atoms with E-state index in [1.165, 1.54) is 0 Å². The van der Waals surface area contributed by atoms with E-state index in [-0.39, 0.29) is 5.60 Å². The molecule has 2 fully saturated rings. The molecule has 0 amide bonds. The fourth-order valence-electron chi connectivity index (χ4n) is 3.82. The highest BCUT2D eigenvalue weighted by molar-refractivity contribution is 7.89. The minimum atomic E-state index is -3.43. The number of hydrogen-bond acceptors (Lipinski definition) is 4. The van der Waals surface area contributed by atoms with E-state index in [9.17, 15) is 8.42 Å². The lowest BCUT2D eigenvalue weighted by Gasteiger charge is -2.26. The third kappa shape index (κ3) is 5.93. The van der Waals surface area contributed by atoms with Crippen molar-refractivity contribution in [3.05, 3.63) is 29.8 Å². The van der Waals surface area contributed by atoms with E-state index < -0.39 is 10.0 Å². The largest absolute Gasteiger partial charge is 0.373 e. The summed E-state index contributed by atoms with van der Waals surface area (Å²) >= 11 is 0. The molecule has 0 radical (unpaired) electrons. The van der Waals surface area contributed by atoms with Gasteiger partial charge < -0.3 is 15.4 Å². The van der Waals surface area contributed by atoms with Crippen molar-refractivity contribution in [2.45, 2.75) is 63.0 Å². The molecule has 2 heterocycles. The van der Waals surface area contributed by atoms with Gasteiger partial charge in [0.05, 0.1) is 17.0 Å². The van der Waals surface area contributed by atoms with Crippen molar-refractivity contribution in [2.75, 3.05) is 32.8 Å². The molecule has 2 N–H and O–H groups in total. The molecule has 0 spiro atoms. The first-order chi connectivity index (χ1) is 13.9. The summed E-state index contributed by atoms with van der Waals surface area (Å²) in [6.45, 7) is 8.04. The van der Waals surface area contributed by atoms with Gasteiger partial charge in [-0.15, -0.1) is 0 Å². The Balaban J connectivity index is 1.67. The van der Waals surface area contributed by atoms with Gasteiger partial charge in [-0.05, 0) is 57.2 Å². The Morgan fingerprint density at radius 3 is 2.69 bits per heavy atom. The molecule has 8 heteroatoms. The summed E-state index contributed by atoms with van der Waals surface area (Å²) < 4.78 is 33.3. The number of piperidine rings is 1. The monoisotopic (exact) mass is 422 g/mol. The van der Waals surface area contributed by atoms with Crippen LogP contribution in [0.15, 0.2) is 34.2 Å². The van der Waals surface area contributed by atoms with Crippen LogP contribution in [0, 0.1) is 0 Å². The second kappa shape index (κ2) is 9.91. The summed E-state index contributed by atoms with van der Waals surface area (Å²) in [5.74, 6) is 0.716. The zero-order chi connectivity index (χ0) is 20.7. The molecule has 162 valence electrons. The fourth-order valence-corrected chi connectivity index (χ4v) is 5.41. The molecule has 0 aromatic heterocycles. The Labute approximate surface area is 175 Å². The zero-order valence-corrected chi connectivity index (χ0v) is 18.4. The lowest BCUT2D eigenvalue weighted by Crippen LogP contribution is -2.45. The molecule has 0 bridgehead atoms. The molecule has 1 aromatic rings. The third-order valence-electron chi connectivity index (χ3n) is 5.55. The SMILES string of the molecule is CCNC(=NCc1cccc(S(=O)(=O)N2CCCCC2)c1)NCC1(C)CCCO1. The van der Waals surface area contributed by atoms with Crippen LogP contribution >= 0.6 is 0 Å². The fraction of sp³-hybridized carbons (Fsp3) is 0.667. The van der Waals surface area contributed by atoms with E-state index >= 15 is 0 Å². The van der Waals surface area contributed by atoms with Gasteiger partial charge in [-0.2, -0.15) is 4.31 Å². The van der Waals surface area contributed by atoms with Gasteiger partial charge in [-0.3, -0.25) is 0 Å². The number of ether oxygens (including phenoxy) is 1. The maximum Gasteiger partial charge on any atom is 0.243 e. The summed E-state index contributed by atoms with van der Waals surface area (Å²) in [6.07, 6.45) is 5.10. The number of aliphatic imine (C=N–C) groups is 1. The standard InChI is InChI=1S/C21H34N4O3S/c1-3-22-20(24-17-21(2)11-8-14-28-21)23-16-18-9-7-10-19(15-18)29(26,27)25-12-5-4-6-13-25/h7,9-10,15H,3-6,8,11-14,16-17H2,1-2H3,(H2,22,23,24). The molecular weight excluding hydrogens is 388 g/mol. The van der Waals surface area contributed by atoms with E-state index in [0.29, 0.717) is 37.0 Å². The Morgan fingerprint density at radius 1 is 1.21 bits per heavy atom. The van der Waals surface area contributed by atoms with E-state index in [1.807, 2.05) is 13.0 Å². The summed E-state index contributed by atoms with van der Waals surface area (Å²) in [5, 5.41) is 6.60. The number of guanidine groups is 1. The number of benzene rings is 1. The van der Waals surface area contributed by atoms with Gasteiger partial charge >= 0.3 is 0 Å². The number of nitrogens with zero attached hydrogens (tertiary/aromatic N) is 2. The zero-order valence-electron chi connectivity index (χ0n) is 17.6. The van der Waals surface area contributed by atoms with Crippen molar-refractivity contribution in [1.29, 1.82) is 0 Å². The van der Waals surface area contributed by atoms with Crippen molar-refractivity contribution >= 4 is 16.0 Å².